The Morgan fingerprint density at radius 2 is 2.33 bits per heavy atom. The Labute approximate surface area is 88.3 Å². The lowest BCUT2D eigenvalue weighted by molar-refractivity contribution is 0.238. The van der Waals surface area contributed by atoms with Gasteiger partial charge in [0.25, 0.3) is 0 Å². The molecule has 3 nitrogen and oxygen atoms in total. The Morgan fingerprint density at radius 1 is 1.53 bits per heavy atom. The molecule has 0 aliphatic carbocycles. The zero-order chi connectivity index (χ0) is 10.8. The number of nitrogen functional groups attached to an aromatic ring is 1. The fourth-order valence-electron chi connectivity index (χ4n) is 2.01. The first-order chi connectivity index (χ1) is 7.20. The normalized spacial score (nSPS) is 20.9. The van der Waals surface area contributed by atoms with Crippen molar-refractivity contribution in [1.29, 1.82) is 0 Å². The Morgan fingerprint density at radius 3 is 2.93 bits per heavy atom. The lowest BCUT2D eigenvalue weighted by Gasteiger charge is -2.20. The van der Waals surface area contributed by atoms with Crippen molar-refractivity contribution in [3.05, 3.63) is 24.0 Å². The van der Waals surface area contributed by atoms with Crippen LogP contribution in [-0.2, 0) is 0 Å². The summed E-state index contributed by atoms with van der Waals surface area (Å²) in [5, 5.41) is 9.03. The molecule has 0 amide bonds. The van der Waals surface area contributed by atoms with Gasteiger partial charge >= 0.3 is 0 Å². The second kappa shape index (κ2) is 4.06. The van der Waals surface area contributed by atoms with Gasteiger partial charge in [-0.25, -0.2) is 4.39 Å². The van der Waals surface area contributed by atoms with E-state index < -0.39 is 0 Å². The highest BCUT2D eigenvalue weighted by atomic mass is 19.1. The van der Waals surface area contributed by atoms with E-state index in [0.717, 1.165) is 25.2 Å². The van der Waals surface area contributed by atoms with Crippen LogP contribution in [0, 0.1) is 11.7 Å². The van der Waals surface area contributed by atoms with Crippen molar-refractivity contribution in [2.45, 2.75) is 6.42 Å². The van der Waals surface area contributed by atoms with Gasteiger partial charge in [0.15, 0.2) is 0 Å². The smallest absolute Gasteiger partial charge is 0.125 e. The summed E-state index contributed by atoms with van der Waals surface area (Å²) in [6.45, 7) is 1.88. The summed E-state index contributed by atoms with van der Waals surface area (Å²) in [6.07, 6.45) is 0.966. The molecular weight excluding hydrogens is 195 g/mol. The maximum absolute atomic E-state index is 12.8. The van der Waals surface area contributed by atoms with E-state index >= 15 is 0 Å². The summed E-state index contributed by atoms with van der Waals surface area (Å²) in [4.78, 5) is 2.09. The topological polar surface area (TPSA) is 49.5 Å². The molecule has 1 heterocycles. The zero-order valence-corrected chi connectivity index (χ0v) is 8.49. The average Bonchev–Trinajstić information content (AvgIpc) is 2.66. The molecule has 82 valence electrons. The third-order valence-electron chi connectivity index (χ3n) is 2.87. The van der Waals surface area contributed by atoms with Gasteiger partial charge in [-0.2, -0.15) is 0 Å². The lowest BCUT2D eigenvalue weighted by atomic mass is 10.1. The van der Waals surface area contributed by atoms with Crippen molar-refractivity contribution in [3.63, 3.8) is 0 Å². The summed E-state index contributed by atoms with van der Waals surface area (Å²) in [7, 11) is 0. The second-order valence-electron chi connectivity index (χ2n) is 3.99. The molecule has 1 aliphatic heterocycles. The van der Waals surface area contributed by atoms with Gasteiger partial charge < -0.3 is 15.7 Å². The van der Waals surface area contributed by atoms with Crippen LogP contribution in [0.3, 0.4) is 0 Å². The maximum atomic E-state index is 12.8. The molecule has 15 heavy (non-hydrogen) atoms. The number of hydrogen-bond acceptors (Lipinski definition) is 3. The molecule has 1 atom stereocenters. The monoisotopic (exact) mass is 210 g/mol. The van der Waals surface area contributed by atoms with Crippen LogP contribution in [0.15, 0.2) is 18.2 Å². The van der Waals surface area contributed by atoms with Crippen molar-refractivity contribution in [2.75, 3.05) is 30.3 Å². The van der Waals surface area contributed by atoms with Crippen LogP contribution < -0.4 is 10.6 Å². The highest BCUT2D eigenvalue weighted by molar-refractivity contribution is 5.67. The van der Waals surface area contributed by atoms with E-state index in [-0.39, 0.29) is 12.4 Å². The predicted octanol–water partition coefficient (Wildman–Crippen LogP) is 1.23. The number of aliphatic hydroxyl groups is 1. The molecule has 1 aromatic rings. The molecule has 0 radical (unpaired) electrons. The van der Waals surface area contributed by atoms with Crippen LogP contribution in [0.2, 0.25) is 0 Å². The van der Waals surface area contributed by atoms with Gasteiger partial charge in [-0.05, 0) is 24.6 Å². The fraction of sp³-hybridized carbons (Fsp3) is 0.455. The van der Waals surface area contributed by atoms with Crippen molar-refractivity contribution in [3.8, 4) is 0 Å². The van der Waals surface area contributed by atoms with Crippen molar-refractivity contribution in [2.24, 2.45) is 5.92 Å². The minimum absolute atomic E-state index is 0.206. The van der Waals surface area contributed by atoms with Gasteiger partial charge in [-0.1, -0.05) is 0 Å². The highest BCUT2D eigenvalue weighted by Gasteiger charge is 2.23. The van der Waals surface area contributed by atoms with Crippen LogP contribution in [0.1, 0.15) is 6.42 Å². The summed E-state index contributed by atoms with van der Waals surface area (Å²) in [5.74, 6) is 0.00334. The molecule has 1 aromatic carbocycles. The Bertz CT molecular complexity index is 356. The van der Waals surface area contributed by atoms with Crippen LogP contribution >= 0.6 is 0 Å². The molecule has 1 unspecified atom stereocenters. The number of aliphatic hydroxyl groups excluding tert-OH is 1. The van der Waals surface area contributed by atoms with Crippen LogP contribution in [0.5, 0.6) is 0 Å². The lowest BCUT2D eigenvalue weighted by Crippen LogP contribution is -2.21. The fourth-order valence-corrected chi connectivity index (χ4v) is 2.01. The number of hydrogen-bond donors (Lipinski definition) is 2. The number of nitrogens with two attached hydrogens (primary N) is 1. The molecular formula is C11H15FN2O. The summed E-state index contributed by atoms with van der Waals surface area (Å²) >= 11 is 0. The van der Waals surface area contributed by atoms with Crippen molar-refractivity contribution >= 4 is 11.4 Å². The van der Waals surface area contributed by atoms with Crippen molar-refractivity contribution < 1.29 is 9.50 Å². The first-order valence-electron chi connectivity index (χ1n) is 5.11. The molecule has 1 aliphatic rings. The number of rotatable bonds is 2. The Hall–Kier alpha value is -1.29. The molecule has 2 rings (SSSR count). The Balaban J connectivity index is 2.17. The molecule has 1 saturated heterocycles. The number of halogens is 1. The van der Waals surface area contributed by atoms with Gasteiger partial charge in [0.05, 0.1) is 11.4 Å². The summed E-state index contributed by atoms with van der Waals surface area (Å²) in [5.41, 5.74) is 7.08. The van der Waals surface area contributed by atoms with Gasteiger partial charge in [-0.15, -0.1) is 0 Å². The Kier molecular flexibility index (Phi) is 2.77. The summed E-state index contributed by atoms with van der Waals surface area (Å²) in [6, 6.07) is 4.45. The second-order valence-corrected chi connectivity index (χ2v) is 3.99. The van der Waals surface area contributed by atoms with E-state index in [1.54, 1.807) is 6.07 Å². The van der Waals surface area contributed by atoms with E-state index in [1.165, 1.54) is 12.1 Å². The van der Waals surface area contributed by atoms with E-state index in [9.17, 15) is 4.39 Å². The van der Waals surface area contributed by atoms with E-state index in [4.69, 9.17) is 10.8 Å². The largest absolute Gasteiger partial charge is 0.397 e. The van der Waals surface area contributed by atoms with Gasteiger partial charge in [-0.3, -0.25) is 0 Å². The molecule has 0 spiro atoms. The third-order valence-corrected chi connectivity index (χ3v) is 2.87. The molecule has 1 fully saturated rings. The molecule has 0 saturated carbocycles. The number of benzene rings is 1. The van der Waals surface area contributed by atoms with Gasteiger partial charge in [0.2, 0.25) is 0 Å². The average molecular weight is 210 g/mol. The third kappa shape index (κ3) is 2.04. The molecule has 0 bridgehead atoms. The highest BCUT2D eigenvalue weighted by Crippen LogP contribution is 2.28. The standard InChI is InChI=1S/C11H15FN2O/c12-9-1-2-11(10(13)5-9)14-4-3-8(6-14)7-15/h1-2,5,8,15H,3-4,6-7,13H2. The van der Waals surface area contributed by atoms with E-state index in [2.05, 4.69) is 4.90 Å². The number of anilines is 2. The maximum Gasteiger partial charge on any atom is 0.125 e. The minimum Gasteiger partial charge on any atom is -0.397 e. The van der Waals surface area contributed by atoms with Crippen LogP contribution in [0.25, 0.3) is 0 Å². The number of nitrogens with zero attached hydrogens (tertiary/aromatic N) is 1. The quantitative estimate of drug-likeness (QED) is 0.722. The van der Waals surface area contributed by atoms with Crippen LogP contribution in [0.4, 0.5) is 15.8 Å². The first kappa shape index (κ1) is 10.2. The SMILES string of the molecule is Nc1cc(F)ccc1N1CCC(CO)C1. The molecule has 3 N–H and O–H groups in total. The zero-order valence-electron chi connectivity index (χ0n) is 8.49. The van der Waals surface area contributed by atoms with Gasteiger partial charge in [0, 0.05) is 25.6 Å². The van der Waals surface area contributed by atoms with Crippen LogP contribution in [-0.4, -0.2) is 24.8 Å². The molecule has 4 heteroatoms. The van der Waals surface area contributed by atoms with Gasteiger partial charge in [0.1, 0.15) is 5.82 Å². The van der Waals surface area contributed by atoms with E-state index in [0.29, 0.717) is 11.6 Å². The minimum atomic E-state index is -0.311. The molecule has 0 aromatic heterocycles. The predicted molar refractivity (Wildman–Crippen MR) is 58.2 cm³/mol. The summed E-state index contributed by atoms with van der Waals surface area (Å²) < 4.78 is 12.8. The van der Waals surface area contributed by atoms with Crippen molar-refractivity contribution in [1.82, 2.24) is 0 Å². The first-order valence-corrected chi connectivity index (χ1v) is 5.11. The van der Waals surface area contributed by atoms with E-state index in [1.807, 2.05) is 0 Å².